The van der Waals surface area contributed by atoms with Crippen LogP contribution in [0.1, 0.15) is 393 Å². The minimum absolute atomic E-state index is 0.0661. The lowest BCUT2D eigenvalue weighted by molar-refractivity contribution is -0.167. The SMILES string of the molecule is CCCCC/C=C\CCCCCCCC(=O)OCC(COC(=O)CCCCCCCCCCCCCCCCCCCCCCCCCCCCCCCC)OC(=O)CCCCCCCCCCCCCCCCC. The van der Waals surface area contributed by atoms with Crippen molar-refractivity contribution in [1.82, 2.24) is 0 Å². The van der Waals surface area contributed by atoms with E-state index in [1.165, 1.54) is 289 Å². The Morgan fingerprint density at radius 1 is 0.253 bits per heavy atom. The number of ether oxygens (including phenoxy) is 3. The van der Waals surface area contributed by atoms with Crippen molar-refractivity contribution >= 4 is 17.9 Å². The van der Waals surface area contributed by atoms with Gasteiger partial charge in [0.25, 0.3) is 0 Å². The molecule has 1 atom stereocenters. The third-order valence-corrected chi connectivity index (χ3v) is 15.8. The molecule has 0 spiro atoms. The Kier molecular flexibility index (Phi) is 63.1. The van der Waals surface area contributed by atoms with Crippen LogP contribution in [0.25, 0.3) is 0 Å². The molecule has 0 aromatic rings. The fraction of sp³-hybridized carbons (Fsp3) is 0.928. The Morgan fingerprint density at radius 2 is 0.440 bits per heavy atom. The first kappa shape index (κ1) is 73.2. The van der Waals surface area contributed by atoms with Crippen LogP contribution in [0.15, 0.2) is 12.2 Å². The van der Waals surface area contributed by atoms with Crippen molar-refractivity contribution < 1.29 is 28.6 Å². The summed E-state index contributed by atoms with van der Waals surface area (Å²) in [6, 6.07) is 0. The largest absolute Gasteiger partial charge is 0.462 e. The van der Waals surface area contributed by atoms with Crippen molar-refractivity contribution in [2.75, 3.05) is 13.2 Å². The van der Waals surface area contributed by atoms with Crippen molar-refractivity contribution in [3.8, 4) is 0 Å². The van der Waals surface area contributed by atoms with E-state index in [-0.39, 0.29) is 31.1 Å². The van der Waals surface area contributed by atoms with Crippen LogP contribution in [0.3, 0.4) is 0 Å². The summed E-state index contributed by atoms with van der Waals surface area (Å²) in [5, 5.41) is 0. The number of allylic oxidation sites excluding steroid dienone is 2. The zero-order valence-electron chi connectivity index (χ0n) is 51.1. The molecule has 0 aliphatic carbocycles. The van der Waals surface area contributed by atoms with E-state index in [4.69, 9.17) is 14.2 Å². The van der Waals surface area contributed by atoms with Crippen LogP contribution < -0.4 is 0 Å². The molecule has 0 bridgehead atoms. The molecule has 0 aliphatic heterocycles. The van der Waals surface area contributed by atoms with Crippen molar-refractivity contribution in [3.05, 3.63) is 12.2 Å². The highest BCUT2D eigenvalue weighted by Gasteiger charge is 2.19. The van der Waals surface area contributed by atoms with Crippen molar-refractivity contribution in [3.63, 3.8) is 0 Å². The molecule has 0 N–H and O–H groups in total. The molecule has 0 rings (SSSR count). The summed E-state index contributed by atoms with van der Waals surface area (Å²) in [6.07, 6.45) is 76.8. The lowest BCUT2D eigenvalue weighted by atomic mass is 10.0. The van der Waals surface area contributed by atoms with Crippen LogP contribution in [0, 0.1) is 0 Å². The molecule has 444 valence electrons. The van der Waals surface area contributed by atoms with Crippen molar-refractivity contribution in [2.45, 2.75) is 399 Å². The first-order valence-corrected chi connectivity index (χ1v) is 34.2. The number of rotatable bonds is 64. The topological polar surface area (TPSA) is 78.9 Å². The van der Waals surface area contributed by atoms with E-state index in [1.54, 1.807) is 0 Å². The Labute approximate surface area is 469 Å². The van der Waals surface area contributed by atoms with Crippen LogP contribution in [-0.4, -0.2) is 37.2 Å². The van der Waals surface area contributed by atoms with E-state index >= 15 is 0 Å². The summed E-state index contributed by atoms with van der Waals surface area (Å²) >= 11 is 0. The second kappa shape index (κ2) is 64.7. The smallest absolute Gasteiger partial charge is 0.306 e. The molecular formula is C69H132O6. The maximum absolute atomic E-state index is 12.9. The molecule has 6 heteroatoms. The molecule has 0 aliphatic rings. The normalized spacial score (nSPS) is 12.0. The average molecular weight is 1060 g/mol. The molecule has 0 heterocycles. The zero-order valence-corrected chi connectivity index (χ0v) is 51.1. The highest BCUT2D eigenvalue weighted by molar-refractivity contribution is 5.71. The van der Waals surface area contributed by atoms with E-state index < -0.39 is 6.10 Å². The van der Waals surface area contributed by atoms with Gasteiger partial charge in [-0.25, -0.2) is 0 Å². The highest BCUT2D eigenvalue weighted by Crippen LogP contribution is 2.19. The molecule has 1 unspecified atom stereocenters. The molecule has 6 nitrogen and oxygen atoms in total. The standard InChI is InChI=1S/C69H132O6/c1-4-7-10-13-16-19-22-25-27-28-29-30-31-32-33-34-35-36-37-38-39-40-41-43-44-47-50-53-56-59-62-68(71)74-65-66(64-73-67(70)61-58-55-52-49-46-24-21-18-15-12-9-6-3)75-69(72)63-60-57-54-51-48-45-42-26-23-20-17-14-11-8-5-2/h18,21,66H,4-17,19-20,22-65H2,1-3H3/b21-18-. The highest BCUT2D eigenvalue weighted by atomic mass is 16.6. The van der Waals surface area contributed by atoms with Crippen LogP contribution in [-0.2, 0) is 28.6 Å². The quantitative estimate of drug-likeness (QED) is 0.0261. The van der Waals surface area contributed by atoms with Crippen molar-refractivity contribution in [2.24, 2.45) is 0 Å². The van der Waals surface area contributed by atoms with Gasteiger partial charge in [0.2, 0.25) is 0 Å². The lowest BCUT2D eigenvalue weighted by Crippen LogP contribution is -2.30. The Hall–Kier alpha value is -1.85. The first-order valence-electron chi connectivity index (χ1n) is 34.2. The molecule has 0 saturated carbocycles. The Morgan fingerprint density at radius 3 is 0.693 bits per heavy atom. The maximum Gasteiger partial charge on any atom is 0.306 e. The van der Waals surface area contributed by atoms with Crippen LogP contribution in [0.2, 0.25) is 0 Å². The molecule has 0 radical (unpaired) electrons. The molecule has 75 heavy (non-hydrogen) atoms. The Bertz CT molecular complexity index is 1170. The van der Waals surface area contributed by atoms with Gasteiger partial charge in [-0.3, -0.25) is 14.4 Å². The van der Waals surface area contributed by atoms with Gasteiger partial charge < -0.3 is 14.2 Å². The summed E-state index contributed by atoms with van der Waals surface area (Å²) in [6.45, 7) is 6.69. The van der Waals surface area contributed by atoms with E-state index in [0.29, 0.717) is 19.3 Å². The third-order valence-electron chi connectivity index (χ3n) is 15.8. The van der Waals surface area contributed by atoms with Gasteiger partial charge in [-0.2, -0.15) is 0 Å². The van der Waals surface area contributed by atoms with Gasteiger partial charge in [0.1, 0.15) is 13.2 Å². The van der Waals surface area contributed by atoms with Gasteiger partial charge in [0.05, 0.1) is 0 Å². The van der Waals surface area contributed by atoms with Gasteiger partial charge in [0, 0.05) is 19.3 Å². The van der Waals surface area contributed by atoms with Crippen LogP contribution in [0.4, 0.5) is 0 Å². The Balaban J connectivity index is 4.08. The fourth-order valence-corrected chi connectivity index (χ4v) is 10.6. The van der Waals surface area contributed by atoms with E-state index in [0.717, 1.165) is 64.2 Å². The number of unbranched alkanes of at least 4 members (excludes halogenated alkanes) is 51. The number of hydrogen-bond donors (Lipinski definition) is 0. The summed E-state index contributed by atoms with van der Waals surface area (Å²) in [7, 11) is 0. The number of carbonyl (C=O) groups excluding carboxylic acids is 3. The van der Waals surface area contributed by atoms with E-state index in [9.17, 15) is 14.4 Å². The molecule has 0 fully saturated rings. The molecule has 0 aromatic heterocycles. The lowest BCUT2D eigenvalue weighted by Gasteiger charge is -2.18. The number of carbonyl (C=O) groups is 3. The second-order valence-corrected chi connectivity index (χ2v) is 23.5. The maximum atomic E-state index is 12.9. The van der Waals surface area contributed by atoms with Gasteiger partial charge in [-0.1, -0.05) is 341 Å². The molecular weight excluding hydrogens is 925 g/mol. The fourth-order valence-electron chi connectivity index (χ4n) is 10.6. The molecule has 0 aromatic carbocycles. The minimum Gasteiger partial charge on any atom is -0.462 e. The minimum atomic E-state index is -0.768. The predicted octanol–water partition coefficient (Wildman–Crippen LogP) is 23.2. The van der Waals surface area contributed by atoms with Gasteiger partial charge in [-0.15, -0.1) is 0 Å². The average Bonchev–Trinajstić information content (AvgIpc) is 3.41. The second-order valence-electron chi connectivity index (χ2n) is 23.5. The number of esters is 3. The van der Waals surface area contributed by atoms with Gasteiger partial charge in [-0.05, 0) is 44.9 Å². The molecule has 0 amide bonds. The number of hydrogen-bond acceptors (Lipinski definition) is 6. The summed E-state index contributed by atoms with van der Waals surface area (Å²) < 4.78 is 16.9. The van der Waals surface area contributed by atoms with Gasteiger partial charge in [0.15, 0.2) is 6.10 Å². The monoisotopic (exact) mass is 1060 g/mol. The summed E-state index contributed by atoms with van der Waals surface area (Å²) in [5.41, 5.74) is 0. The van der Waals surface area contributed by atoms with Crippen molar-refractivity contribution in [1.29, 1.82) is 0 Å². The first-order chi connectivity index (χ1) is 37.0. The van der Waals surface area contributed by atoms with Crippen LogP contribution >= 0.6 is 0 Å². The molecule has 0 saturated heterocycles. The summed E-state index contributed by atoms with van der Waals surface area (Å²) in [5.74, 6) is -0.846. The predicted molar refractivity (Wildman–Crippen MR) is 326 cm³/mol. The summed E-state index contributed by atoms with van der Waals surface area (Å²) in [4.78, 5) is 38.3. The zero-order chi connectivity index (χ0) is 54.3. The third kappa shape index (κ3) is 62.9. The van der Waals surface area contributed by atoms with Crippen LogP contribution in [0.5, 0.6) is 0 Å². The van der Waals surface area contributed by atoms with E-state index in [2.05, 4.69) is 32.9 Å². The van der Waals surface area contributed by atoms with E-state index in [1.807, 2.05) is 0 Å². The van der Waals surface area contributed by atoms with Gasteiger partial charge >= 0.3 is 17.9 Å².